The number of nitrogens with zero attached hydrogens (tertiary/aromatic N) is 2. The zero-order valence-corrected chi connectivity index (χ0v) is 16.4. The molecule has 1 amide bonds. The number of halogens is 1. The zero-order valence-electron chi connectivity index (χ0n) is 15.6. The number of fused-ring (bicyclic) bond motifs is 1. The summed E-state index contributed by atoms with van der Waals surface area (Å²) in [5.74, 6) is 1.11. The van der Waals surface area contributed by atoms with Gasteiger partial charge >= 0.3 is 0 Å². The van der Waals surface area contributed by atoms with E-state index in [1.165, 1.54) is 14.2 Å². The first kappa shape index (κ1) is 18.8. The second-order valence-electron chi connectivity index (χ2n) is 6.11. The molecule has 0 spiro atoms. The Kier molecular flexibility index (Phi) is 5.05. The molecule has 1 N–H and O–H groups in total. The molecule has 0 saturated carbocycles. The molecule has 0 bridgehead atoms. The number of nitrogens with one attached hydrogen (secondary N) is 1. The van der Waals surface area contributed by atoms with E-state index in [1.807, 2.05) is 0 Å². The highest BCUT2D eigenvalue weighted by molar-refractivity contribution is 6.33. The number of amides is 1. The molecular weight excluding hydrogens is 394 g/mol. The SMILES string of the molecule is COc1cc(OC)cc(C(=O)Nc2ccc(-c3nc4cnccc4o3)c(Cl)c2)c1. The molecule has 0 unspecified atom stereocenters. The van der Waals surface area contributed by atoms with Crippen LogP contribution in [0.3, 0.4) is 0 Å². The van der Waals surface area contributed by atoms with Crippen molar-refractivity contribution in [3.05, 3.63) is 65.4 Å². The predicted octanol–water partition coefficient (Wildman–Crippen LogP) is 4.81. The summed E-state index contributed by atoms with van der Waals surface area (Å²) in [4.78, 5) is 21.0. The van der Waals surface area contributed by atoms with Crippen LogP contribution in [0.5, 0.6) is 11.5 Å². The van der Waals surface area contributed by atoms with E-state index in [0.29, 0.717) is 50.3 Å². The van der Waals surface area contributed by atoms with Gasteiger partial charge in [0.05, 0.1) is 31.0 Å². The lowest BCUT2D eigenvalue weighted by molar-refractivity contribution is 0.102. The maximum absolute atomic E-state index is 12.6. The number of rotatable bonds is 5. The average molecular weight is 410 g/mol. The van der Waals surface area contributed by atoms with E-state index in [-0.39, 0.29) is 5.91 Å². The normalized spacial score (nSPS) is 10.7. The minimum atomic E-state index is -0.320. The number of pyridine rings is 1. The standard InChI is InChI=1S/C21H16ClN3O4/c1-27-14-7-12(8-15(10-14)28-2)20(26)24-13-3-4-16(17(22)9-13)21-25-18-11-23-6-5-19(18)29-21/h3-11H,1-2H3,(H,24,26). The molecule has 8 heteroatoms. The summed E-state index contributed by atoms with van der Waals surface area (Å²) in [6, 6.07) is 11.8. The number of oxazole rings is 1. The van der Waals surface area contributed by atoms with Crippen molar-refractivity contribution in [2.45, 2.75) is 0 Å². The zero-order chi connectivity index (χ0) is 20.4. The molecule has 146 valence electrons. The Bertz CT molecular complexity index is 1150. The van der Waals surface area contributed by atoms with Crippen molar-refractivity contribution in [3.63, 3.8) is 0 Å². The summed E-state index contributed by atoms with van der Waals surface area (Å²) in [5.41, 5.74) is 2.80. The molecule has 4 aromatic rings. The number of carbonyl (C=O) groups excluding carboxylic acids is 1. The number of aromatic nitrogens is 2. The third kappa shape index (κ3) is 3.86. The number of anilines is 1. The molecule has 7 nitrogen and oxygen atoms in total. The van der Waals surface area contributed by atoms with Gasteiger partial charge in [-0.05, 0) is 30.3 Å². The van der Waals surface area contributed by atoms with Crippen molar-refractivity contribution in [1.29, 1.82) is 0 Å². The van der Waals surface area contributed by atoms with E-state index in [1.54, 1.807) is 54.9 Å². The van der Waals surface area contributed by atoms with Gasteiger partial charge < -0.3 is 19.2 Å². The fourth-order valence-corrected chi connectivity index (χ4v) is 3.06. The van der Waals surface area contributed by atoms with E-state index < -0.39 is 0 Å². The Labute approximate surface area is 171 Å². The molecule has 2 aromatic heterocycles. The molecule has 0 radical (unpaired) electrons. The Hall–Kier alpha value is -3.58. The van der Waals surface area contributed by atoms with Gasteiger partial charge in [0.15, 0.2) is 5.58 Å². The van der Waals surface area contributed by atoms with Gasteiger partial charge in [0.1, 0.15) is 17.0 Å². The summed E-state index contributed by atoms with van der Waals surface area (Å²) < 4.78 is 16.1. The monoisotopic (exact) mass is 409 g/mol. The lowest BCUT2D eigenvalue weighted by Gasteiger charge is -2.10. The lowest BCUT2D eigenvalue weighted by atomic mass is 10.1. The molecule has 0 aliphatic rings. The van der Waals surface area contributed by atoms with Crippen LogP contribution in [0.15, 0.2) is 59.3 Å². The molecule has 0 aliphatic carbocycles. The largest absolute Gasteiger partial charge is 0.497 e. The number of ether oxygens (including phenoxy) is 2. The Morgan fingerprint density at radius 3 is 2.48 bits per heavy atom. The Morgan fingerprint density at radius 2 is 1.83 bits per heavy atom. The van der Waals surface area contributed by atoms with Gasteiger partial charge in [0, 0.05) is 29.6 Å². The average Bonchev–Trinajstić information content (AvgIpc) is 3.17. The van der Waals surface area contributed by atoms with Crippen molar-refractivity contribution in [1.82, 2.24) is 9.97 Å². The van der Waals surface area contributed by atoms with Crippen LogP contribution >= 0.6 is 11.6 Å². The van der Waals surface area contributed by atoms with E-state index in [4.69, 9.17) is 25.5 Å². The first-order chi connectivity index (χ1) is 14.1. The fourth-order valence-electron chi connectivity index (χ4n) is 2.80. The maximum atomic E-state index is 12.6. The highest BCUT2D eigenvalue weighted by atomic mass is 35.5. The lowest BCUT2D eigenvalue weighted by Crippen LogP contribution is -2.12. The first-order valence-electron chi connectivity index (χ1n) is 8.62. The van der Waals surface area contributed by atoms with Crippen LogP contribution in [-0.2, 0) is 0 Å². The molecule has 0 atom stereocenters. The fraction of sp³-hybridized carbons (Fsp3) is 0.0952. The van der Waals surface area contributed by atoms with Crippen molar-refractivity contribution >= 4 is 34.3 Å². The maximum Gasteiger partial charge on any atom is 0.255 e. The number of carbonyl (C=O) groups is 1. The summed E-state index contributed by atoms with van der Waals surface area (Å²) in [6.07, 6.45) is 3.25. The molecule has 2 heterocycles. The van der Waals surface area contributed by atoms with Crippen molar-refractivity contribution < 1.29 is 18.7 Å². The summed E-state index contributed by atoms with van der Waals surface area (Å²) in [7, 11) is 3.05. The van der Waals surface area contributed by atoms with Crippen LogP contribution < -0.4 is 14.8 Å². The van der Waals surface area contributed by atoms with Gasteiger partial charge in [-0.25, -0.2) is 4.98 Å². The summed E-state index contributed by atoms with van der Waals surface area (Å²) in [6.45, 7) is 0. The van der Waals surface area contributed by atoms with Crippen LogP contribution in [0.2, 0.25) is 5.02 Å². The van der Waals surface area contributed by atoms with Gasteiger partial charge in [0.25, 0.3) is 5.91 Å². The topological polar surface area (TPSA) is 86.5 Å². The highest BCUT2D eigenvalue weighted by Gasteiger charge is 2.14. The number of hydrogen-bond acceptors (Lipinski definition) is 6. The first-order valence-corrected chi connectivity index (χ1v) is 9.00. The van der Waals surface area contributed by atoms with Crippen molar-refractivity contribution in [2.24, 2.45) is 0 Å². The minimum absolute atomic E-state index is 0.320. The van der Waals surface area contributed by atoms with Crippen LogP contribution in [0.1, 0.15) is 10.4 Å². The molecule has 0 fully saturated rings. The van der Waals surface area contributed by atoms with Crippen molar-refractivity contribution in [2.75, 3.05) is 19.5 Å². The predicted molar refractivity (Wildman–Crippen MR) is 110 cm³/mol. The summed E-state index contributed by atoms with van der Waals surface area (Å²) in [5, 5.41) is 3.21. The molecular formula is C21H16ClN3O4. The van der Waals surface area contributed by atoms with Crippen molar-refractivity contribution in [3.8, 4) is 23.0 Å². The number of hydrogen-bond donors (Lipinski definition) is 1. The second-order valence-corrected chi connectivity index (χ2v) is 6.52. The van der Waals surface area contributed by atoms with Crippen LogP contribution in [0, 0.1) is 0 Å². The van der Waals surface area contributed by atoms with E-state index in [9.17, 15) is 4.79 Å². The highest BCUT2D eigenvalue weighted by Crippen LogP contribution is 2.32. The van der Waals surface area contributed by atoms with Crippen LogP contribution in [-0.4, -0.2) is 30.1 Å². The van der Waals surface area contributed by atoms with E-state index in [0.717, 1.165) is 0 Å². The van der Waals surface area contributed by atoms with Gasteiger partial charge in [-0.15, -0.1) is 0 Å². The number of methoxy groups -OCH3 is 2. The third-order valence-electron chi connectivity index (χ3n) is 4.26. The van der Waals surface area contributed by atoms with Gasteiger partial charge in [0.2, 0.25) is 5.89 Å². The smallest absolute Gasteiger partial charge is 0.255 e. The van der Waals surface area contributed by atoms with E-state index >= 15 is 0 Å². The summed E-state index contributed by atoms with van der Waals surface area (Å²) >= 11 is 6.41. The molecule has 29 heavy (non-hydrogen) atoms. The number of benzene rings is 2. The Balaban J connectivity index is 1.59. The quantitative estimate of drug-likeness (QED) is 0.509. The van der Waals surface area contributed by atoms with Gasteiger partial charge in [-0.3, -0.25) is 9.78 Å². The Morgan fingerprint density at radius 1 is 1.07 bits per heavy atom. The second kappa shape index (κ2) is 7.81. The van der Waals surface area contributed by atoms with E-state index in [2.05, 4.69) is 15.3 Å². The molecule has 4 rings (SSSR count). The molecule has 0 saturated heterocycles. The van der Waals surface area contributed by atoms with Crippen LogP contribution in [0.25, 0.3) is 22.6 Å². The van der Waals surface area contributed by atoms with Gasteiger partial charge in [-0.1, -0.05) is 11.6 Å². The van der Waals surface area contributed by atoms with Crippen LogP contribution in [0.4, 0.5) is 5.69 Å². The molecule has 2 aromatic carbocycles. The third-order valence-corrected chi connectivity index (χ3v) is 4.57. The molecule has 0 aliphatic heterocycles. The van der Waals surface area contributed by atoms with Gasteiger partial charge in [-0.2, -0.15) is 0 Å². The minimum Gasteiger partial charge on any atom is -0.497 e.